The summed E-state index contributed by atoms with van der Waals surface area (Å²) in [4.78, 5) is 19.2. The monoisotopic (exact) mass is 403 g/mol. The second-order valence-corrected chi connectivity index (χ2v) is 8.82. The molecule has 3 aromatic rings. The highest BCUT2D eigenvalue weighted by Gasteiger charge is 2.36. The summed E-state index contributed by atoms with van der Waals surface area (Å²) in [5.74, 6) is 0.557. The number of fused-ring (bicyclic) bond motifs is 4. The van der Waals surface area contributed by atoms with Gasteiger partial charge in [-0.05, 0) is 48.9 Å². The zero-order chi connectivity index (χ0) is 20.2. The first-order valence-electron chi connectivity index (χ1n) is 9.15. The van der Waals surface area contributed by atoms with Gasteiger partial charge in [-0.15, -0.1) is 0 Å². The maximum absolute atomic E-state index is 12.7. The molecule has 0 saturated heterocycles. The molecule has 6 nitrogen and oxygen atoms in total. The van der Waals surface area contributed by atoms with Crippen molar-refractivity contribution in [1.29, 1.82) is 0 Å². The lowest BCUT2D eigenvalue weighted by Crippen LogP contribution is -2.31. The summed E-state index contributed by atoms with van der Waals surface area (Å²) in [6.45, 7) is 2.25. The minimum atomic E-state index is -3.69. The molecule has 0 bridgehead atoms. The quantitative estimate of drug-likeness (QED) is 0.722. The minimum absolute atomic E-state index is 0.0874. The molecule has 0 radical (unpaired) electrons. The van der Waals surface area contributed by atoms with Crippen LogP contribution in [0.4, 0.5) is 11.4 Å². The van der Waals surface area contributed by atoms with Crippen LogP contribution in [0.1, 0.15) is 27.0 Å². The number of amidine groups is 1. The molecule has 29 heavy (non-hydrogen) atoms. The zero-order valence-electron chi connectivity index (χ0n) is 15.6. The molecule has 2 heterocycles. The summed E-state index contributed by atoms with van der Waals surface area (Å²) in [5, 5.41) is 0. The van der Waals surface area contributed by atoms with Gasteiger partial charge in [0.1, 0.15) is 5.84 Å². The van der Waals surface area contributed by atoms with Crippen molar-refractivity contribution < 1.29 is 13.2 Å². The van der Waals surface area contributed by atoms with Crippen LogP contribution in [0.15, 0.2) is 76.6 Å². The molecular weight excluding hydrogens is 386 g/mol. The van der Waals surface area contributed by atoms with E-state index in [1.807, 2.05) is 25.1 Å². The molecule has 2 aliphatic heterocycles. The minimum Gasteiger partial charge on any atom is -0.288 e. The molecule has 5 rings (SSSR count). The van der Waals surface area contributed by atoms with Gasteiger partial charge in [0.2, 0.25) is 0 Å². The Morgan fingerprint density at radius 1 is 0.966 bits per heavy atom. The number of carbonyl (C=O) groups excluding carboxylic acids is 1. The van der Waals surface area contributed by atoms with E-state index in [9.17, 15) is 13.2 Å². The molecule has 0 aromatic heterocycles. The van der Waals surface area contributed by atoms with Crippen molar-refractivity contribution in [2.24, 2.45) is 4.99 Å². The standard InChI is InChI=1S/C22H17N3O3S/c1-14-6-9-17(10-7-14)29(27,28)24-16-8-11-20-15(12-16)13-25-21(23-20)18-4-2-3-5-19(18)22(25)26/h2-12,24H,13H2,1H3. The van der Waals surface area contributed by atoms with Crippen molar-refractivity contribution >= 4 is 33.1 Å². The Labute approximate surface area is 168 Å². The third kappa shape index (κ3) is 2.91. The molecule has 0 aliphatic carbocycles. The van der Waals surface area contributed by atoms with Gasteiger partial charge < -0.3 is 0 Å². The first-order chi connectivity index (χ1) is 13.9. The van der Waals surface area contributed by atoms with E-state index in [1.165, 1.54) is 0 Å². The van der Waals surface area contributed by atoms with Crippen molar-refractivity contribution in [1.82, 2.24) is 4.90 Å². The molecule has 0 saturated carbocycles. The summed E-state index contributed by atoms with van der Waals surface area (Å²) in [5.41, 5.74) is 4.42. The Kier molecular flexibility index (Phi) is 3.82. The molecule has 0 atom stereocenters. The van der Waals surface area contributed by atoms with E-state index in [4.69, 9.17) is 0 Å². The summed E-state index contributed by atoms with van der Waals surface area (Å²) in [6, 6.07) is 19.3. The lowest BCUT2D eigenvalue weighted by Gasteiger charge is -2.24. The van der Waals surface area contributed by atoms with Crippen LogP contribution in [0, 0.1) is 6.92 Å². The number of hydrogen-bond donors (Lipinski definition) is 1. The predicted molar refractivity (Wildman–Crippen MR) is 111 cm³/mol. The first kappa shape index (κ1) is 17.6. The number of hydrogen-bond acceptors (Lipinski definition) is 4. The van der Waals surface area contributed by atoms with Crippen LogP contribution in [-0.2, 0) is 16.6 Å². The number of carbonyl (C=O) groups is 1. The molecule has 0 spiro atoms. The van der Waals surface area contributed by atoms with Gasteiger partial charge in [-0.3, -0.25) is 14.4 Å². The average molecular weight is 403 g/mol. The predicted octanol–water partition coefficient (Wildman–Crippen LogP) is 3.84. The molecular formula is C22H17N3O3S. The maximum Gasteiger partial charge on any atom is 0.261 e. The fourth-order valence-electron chi connectivity index (χ4n) is 3.62. The number of benzene rings is 3. The lowest BCUT2D eigenvalue weighted by atomic mass is 10.1. The Morgan fingerprint density at radius 3 is 2.45 bits per heavy atom. The van der Waals surface area contributed by atoms with E-state index in [1.54, 1.807) is 53.4 Å². The molecule has 1 N–H and O–H groups in total. The smallest absolute Gasteiger partial charge is 0.261 e. The van der Waals surface area contributed by atoms with E-state index in [-0.39, 0.29) is 10.8 Å². The van der Waals surface area contributed by atoms with Gasteiger partial charge in [-0.25, -0.2) is 13.4 Å². The van der Waals surface area contributed by atoms with E-state index in [0.29, 0.717) is 23.6 Å². The largest absolute Gasteiger partial charge is 0.288 e. The number of nitrogens with one attached hydrogen (secondary N) is 1. The number of aryl methyl sites for hydroxylation is 1. The van der Waals surface area contributed by atoms with Crippen LogP contribution in [0.2, 0.25) is 0 Å². The van der Waals surface area contributed by atoms with E-state index < -0.39 is 10.0 Å². The van der Waals surface area contributed by atoms with Crippen LogP contribution in [0.3, 0.4) is 0 Å². The molecule has 2 aliphatic rings. The van der Waals surface area contributed by atoms with Gasteiger partial charge in [0.15, 0.2) is 0 Å². The molecule has 1 amide bonds. The lowest BCUT2D eigenvalue weighted by molar-refractivity contribution is 0.0851. The van der Waals surface area contributed by atoms with Gasteiger partial charge in [0.25, 0.3) is 15.9 Å². The average Bonchev–Trinajstić information content (AvgIpc) is 2.98. The SMILES string of the molecule is Cc1ccc(S(=O)(=O)Nc2ccc3c(c2)CN2C(=O)c4ccccc4C2=N3)cc1. The van der Waals surface area contributed by atoms with Gasteiger partial charge >= 0.3 is 0 Å². The Balaban J connectivity index is 1.48. The summed E-state index contributed by atoms with van der Waals surface area (Å²) in [7, 11) is -3.69. The van der Waals surface area contributed by atoms with Crippen LogP contribution in [0.5, 0.6) is 0 Å². The second kappa shape index (κ2) is 6.28. The van der Waals surface area contributed by atoms with Crippen molar-refractivity contribution in [3.63, 3.8) is 0 Å². The normalized spacial score (nSPS) is 14.7. The summed E-state index contributed by atoms with van der Waals surface area (Å²) >= 11 is 0. The summed E-state index contributed by atoms with van der Waals surface area (Å²) < 4.78 is 27.9. The molecule has 0 unspecified atom stereocenters. The molecule has 144 valence electrons. The Hall–Kier alpha value is -3.45. The molecule has 3 aromatic carbocycles. The second-order valence-electron chi connectivity index (χ2n) is 7.13. The fraction of sp³-hybridized carbons (Fsp3) is 0.0909. The fourth-order valence-corrected chi connectivity index (χ4v) is 4.67. The number of anilines is 1. The topological polar surface area (TPSA) is 78.8 Å². The van der Waals surface area contributed by atoms with E-state index in [2.05, 4.69) is 9.71 Å². The number of nitrogens with zero attached hydrogens (tertiary/aromatic N) is 2. The Bertz CT molecular complexity index is 1300. The third-order valence-electron chi connectivity index (χ3n) is 5.12. The number of rotatable bonds is 3. The Morgan fingerprint density at radius 2 is 1.69 bits per heavy atom. The van der Waals surface area contributed by atoms with Crippen molar-refractivity contribution in [3.05, 3.63) is 89.0 Å². The van der Waals surface area contributed by atoms with Crippen molar-refractivity contribution in [2.45, 2.75) is 18.4 Å². The highest BCUT2D eigenvalue weighted by Crippen LogP contribution is 2.35. The summed E-state index contributed by atoms with van der Waals surface area (Å²) in [6.07, 6.45) is 0. The van der Waals surface area contributed by atoms with Gasteiger partial charge in [0, 0.05) is 11.3 Å². The van der Waals surface area contributed by atoms with Crippen molar-refractivity contribution in [2.75, 3.05) is 4.72 Å². The van der Waals surface area contributed by atoms with E-state index >= 15 is 0 Å². The van der Waals surface area contributed by atoms with Gasteiger partial charge in [-0.2, -0.15) is 0 Å². The highest BCUT2D eigenvalue weighted by molar-refractivity contribution is 7.92. The zero-order valence-corrected chi connectivity index (χ0v) is 16.4. The molecule has 7 heteroatoms. The number of aliphatic imine (C=N–C) groups is 1. The number of sulfonamides is 1. The van der Waals surface area contributed by atoms with Crippen LogP contribution in [0.25, 0.3) is 0 Å². The highest BCUT2D eigenvalue weighted by atomic mass is 32.2. The maximum atomic E-state index is 12.7. The third-order valence-corrected chi connectivity index (χ3v) is 6.51. The van der Waals surface area contributed by atoms with Crippen LogP contribution in [-0.4, -0.2) is 25.1 Å². The van der Waals surface area contributed by atoms with Crippen LogP contribution >= 0.6 is 0 Å². The van der Waals surface area contributed by atoms with Gasteiger partial charge in [0.05, 0.1) is 22.7 Å². The first-order valence-corrected chi connectivity index (χ1v) is 10.6. The van der Waals surface area contributed by atoms with Crippen LogP contribution < -0.4 is 4.72 Å². The van der Waals surface area contributed by atoms with Crippen molar-refractivity contribution in [3.8, 4) is 0 Å². The van der Waals surface area contributed by atoms with Gasteiger partial charge in [-0.1, -0.05) is 35.9 Å². The molecule has 0 fully saturated rings. The van der Waals surface area contributed by atoms with E-state index in [0.717, 1.165) is 22.4 Å². The number of amides is 1.